The molecule has 3 rings (SSSR count). The summed E-state index contributed by atoms with van der Waals surface area (Å²) in [5, 5.41) is 8.35. The van der Waals surface area contributed by atoms with E-state index in [1.54, 1.807) is 4.68 Å². The molecular weight excluding hydrogens is 249 g/mol. The van der Waals surface area contributed by atoms with Crippen molar-refractivity contribution in [1.29, 1.82) is 0 Å². The van der Waals surface area contributed by atoms with E-state index in [2.05, 4.69) is 20.3 Å². The first-order chi connectivity index (χ1) is 9.11. The fraction of sp³-hybridized carbons (Fsp3) is 0.333. The molecule has 0 saturated heterocycles. The Morgan fingerprint density at radius 2 is 2.16 bits per heavy atom. The van der Waals surface area contributed by atoms with Crippen molar-refractivity contribution in [1.82, 2.24) is 25.0 Å². The first-order valence-electron chi connectivity index (χ1n) is 5.86. The van der Waals surface area contributed by atoms with Crippen LogP contribution < -0.4 is 4.74 Å². The van der Waals surface area contributed by atoms with E-state index >= 15 is 0 Å². The van der Waals surface area contributed by atoms with Gasteiger partial charge in [-0.3, -0.25) is 0 Å². The lowest BCUT2D eigenvalue weighted by atomic mass is 10.2. The highest BCUT2D eigenvalue weighted by Crippen LogP contribution is 2.27. The molecule has 0 atom stereocenters. The maximum atomic E-state index is 14.0. The van der Waals surface area contributed by atoms with Crippen molar-refractivity contribution in [3.63, 3.8) is 0 Å². The number of rotatable bonds is 2. The molecule has 0 aliphatic carbocycles. The zero-order valence-corrected chi connectivity index (χ0v) is 10.8. The summed E-state index contributed by atoms with van der Waals surface area (Å²) < 4.78 is 20.7. The second-order valence-corrected chi connectivity index (χ2v) is 4.47. The maximum Gasteiger partial charge on any atom is 0.316 e. The van der Waals surface area contributed by atoms with Gasteiger partial charge in [0, 0.05) is 18.3 Å². The topological polar surface area (TPSA) is 65.7 Å². The zero-order valence-electron chi connectivity index (χ0n) is 10.8. The summed E-state index contributed by atoms with van der Waals surface area (Å²) in [6.07, 6.45) is 1.41. The van der Waals surface area contributed by atoms with Crippen LogP contribution in [0, 0.1) is 5.82 Å². The minimum Gasteiger partial charge on any atom is -0.467 e. The van der Waals surface area contributed by atoms with Crippen molar-refractivity contribution in [2.24, 2.45) is 0 Å². The molecule has 7 heteroatoms. The Kier molecular flexibility index (Phi) is 2.55. The van der Waals surface area contributed by atoms with Gasteiger partial charge in [-0.25, -0.2) is 14.1 Å². The average Bonchev–Trinajstić information content (AvgIpc) is 2.82. The van der Waals surface area contributed by atoms with Crippen molar-refractivity contribution in [3.8, 4) is 6.01 Å². The van der Waals surface area contributed by atoms with Crippen LogP contribution >= 0.6 is 0 Å². The average molecular weight is 261 g/mol. The molecule has 0 bridgehead atoms. The Labute approximate surface area is 108 Å². The van der Waals surface area contributed by atoms with Crippen LogP contribution in [0.4, 0.5) is 4.39 Å². The van der Waals surface area contributed by atoms with Gasteiger partial charge in [0.25, 0.3) is 0 Å². The molecule has 2 heterocycles. The van der Waals surface area contributed by atoms with E-state index in [4.69, 9.17) is 4.74 Å². The van der Waals surface area contributed by atoms with E-state index in [9.17, 15) is 4.39 Å². The highest BCUT2D eigenvalue weighted by Gasteiger charge is 2.16. The molecule has 19 heavy (non-hydrogen) atoms. The molecule has 98 valence electrons. The number of halogens is 1. The number of benzene rings is 1. The summed E-state index contributed by atoms with van der Waals surface area (Å²) in [4.78, 5) is 8.15. The first-order valence-corrected chi connectivity index (χ1v) is 5.86. The van der Waals surface area contributed by atoms with Crippen molar-refractivity contribution < 1.29 is 9.13 Å². The Bertz CT molecular complexity index is 767. The number of hydrogen-bond donors (Lipinski definition) is 0. The van der Waals surface area contributed by atoms with Crippen molar-refractivity contribution in [2.75, 3.05) is 7.11 Å². The van der Waals surface area contributed by atoms with E-state index in [1.165, 1.54) is 19.4 Å². The number of methoxy groups -OCH3 is 1. The van der Waals surface area contributed by atoms with Crippen molar-refractivity contribution in [3.05, 3.63) is 18.1 Å². The Hall–Kier alpha value is -2.31. The predicted molar refractivity (Wildman–Crippen MR) is 67.5 cm³/mol. The first kappa shape index (κ1) is 11.8. The predicted octanol–water partition coefficient (Wildman–Crippen LogP) is 2.10. The van der Waals surface area contributed by atoms with Gasteiger partial charge in [-0.2, -0.15) is 4.98 Å². The van der Waals surface area contributed by atoms with E-state index < -0.39 is 5.82 Å². The van der Waals surface area contributed by atoms with Gasteiger partial charge in [0.05, 0.1) is 12.5 Å². The number of hydrogen-bond acceptors (Lipinski definition) is 5. The van der Waals surface area contributed by atoms with Crippen molar-refractivity contribution in [2.45, 2.75) is 19.9 Å². The third-order valence-electron chi connectivity index (χ3n) is 2.90. The molecule has 0 aliphatic rings. The molecule has 6 nitrogen and oxygen atoms in total. The Balaban J connectivity index is 2.49. The highest BCUT2D eigenvalue weighted by atomic mass is 19.1. The van der Waals surface area contributed by atoms with Crippen LogP contribution in [0.2, 0.25) is 0 Å². The Morgan fingerprint density at radius 1 is 1.37 bits per heavy atom. The number of aromatic nitrogens is 5. The van der Waals surface area contributed by atoms with E-state index in [1.807, 2.05) is 13.8 Å². The smallest absolute Gasteiger partial charge is 0.316 e. The van der Waals surface area contributed by atoms with Gasteiger partial charge in [0.1, 0.15) is 22.4 Å². The van der Waals surface area contributed by atoms with Gasteiger partial charge in [-0.1, -0.05) is 5.21 Å². The standard InChI is InChI=1S/C12H12FN5O/c1-6(2)18-11-9(16-17-18)4-8(13)7-5-14-12(19-3)15-10(7)11/h4-6H,1-3H3. The molecule has 0 radical (unpaired) electrons. The fourth-order valence-electron chi connectivity index (χ4n) is 2.01. The molecule has 3 aromatic rings. The maximum absolute atomic E-state index is 14.0. The van der Waals surface area contributed by atoms with Crippen LogP contribution in [0.5, 0.6) is 6.01 Å². The van der Waals surface area contributed by atoms with Crippen LogP contribution in [-0.2, 0) is 0 Å². The lowest BCUT2D eigenvalue weighted by Gasteiger charge is -2.08. The lowest BCUT2D eigenvalue weighted by molar-refractivity contribution is 0.381. The van der Waals surface area contributed by atoms with Crippen LogP contribution in [-0.4, -0.2) is 32.1 Å². The van der Waals surface area contributed by atoms with Gasteiger partial charge < -0.3 is 4.74 Å². The van der Waals surface area contributed by atoms with Crippen LogP contribution in [0.3, 0.4) is 0 Å². The SMILES string of the molecule is COc1ncc2c(F)cc3nnn(C(C)C)c3c2n1. The van der Waals surface area contributed by atoms with Gasteiger partial charge in [-0.05, 0) is 13.8 Å². The van der Waals surface area contributed by atoms with Crippen LogP contribution in [0.25, 0.3) is 21.9 Å². The molecular formula is C12H12FN5O. The molecule has 0 spiro atoms. The van der Waals surface area contributed by atoms with Gasteiger partial charge in [0.2, 0.25) is 0 Å². The molecule has 0 fully saturated rings. The molecule has 0 saturated carbocycles. The normalized spacial score (nSPS) is 11.6. The fourth-order valence-corrected chi connectivity index (χ4v) is 2.01. The summed E-state index contributed by atoms with van der Waals surface area (Å²) >= 11 is 0. The lowest BCUT2D eigenvalue weighted by Crippen LogP contribution is -2.04. The second-order valence-electron chi connectivity index (χ2n) is 4.47. The van der Waals surface area contributed by atoms with Crippen LogP contribution in [0.1, 0.15) is 19.9 Å². The van der Waals surface area contributed by atoms with E-state index in [0.717, 1.165) is 0 Å². The number of fused-ring (bicyclic) bond motifs is 3. The summed E-state index contributed by atoms with van der Waals surface area (Å²) in [5.74, 6) is -0.416. The van der Waals surface area contributed by atoms with Crippen molar-refractivity contribution >= 4 is 21.9 Å². The summed E-state index contributed by atoms with van der Waals surface area (Å²) in [6, 6.07) is 1.63. The van der Waals surface area contributed by atoms with Gasteiger partial charge >= 0.3 is 6.01 Å². The number of nitrogens with zero attached hydrogens (tertiary/aromatic N) is 5. The van der Waals surface area contributed by atoms with Gasteiger partial charge in [-0.15, -0.1) is 5.10 Å². The third kappa shape index (κ3) is 1.69. The van der Waals surface area contributed by atoms with Gasteiger partial charge in [0.15, 0.2) is 0 Å². The minimum absolute atomic E-state index is 0.0969. The molecule has 0 N–H and O–H groups in total. The van der Waals surface area contributed by atoms with Crippen LogP contribution in [0.15, 0.2) is 12.3 Å². The monoisotopic (exact) mass is 261 g/mol. The minimum atomic E-state index is -0.416. The Morgan fingerprint density at radius 3 is 2.84 bits per heavy atom. The largest absolute Gasteiger partial charge is 0.467 e. The molecule has 2 aromatic heterocycles. The zero-order chi connectivity index (χ0) is 13.6. The highest BCUT2D eigenvalue weighted by molar-refractivity contribution is 6.01. The third-order valence-corrected chi connectivity index (χ3v) is 2.90. The quantitative estimate of drug-likeness (QED) is 0.706. The molecule has 0 aliphatic heterocycles. The second kappa shape index (κ2) is 4.11. The molecule has 0 unspecified atom stereocenters. The summed E-state index contributed by atoms with van der Waals surface area (Å²) in [5.41, 5.74) is 1.62. The van der Waals surface area contributed by atoms with E-state index in [0.29, 0.717) is 21.9 Å². The summed E-state index contributed by atoms with van der Waals surface area (Å²) in [6.45, 7) is 3.95. The summed E-state index contributed by atoms with van der Waals surface area (Å²) in [7, 11) is 1.47. The van der Waals surface area contributed by atoms with E-state index in [-0.39, 0.29) is 12.1 Å². The molecule has 0 amide bonds. The molecule has 1 aromatic carbocycles. The number of ether oxygens (including phenoxy) is 1.